The molecule has 0 aliphatic carbocycles. The molecule has 0 heterocycles. The molecule has 0 atom stereocenters. The fraction of sp³-hybridized carbons (Fsp3) is 0. The summed E-state index contributed by atoms with van der Waals surface area (Å²) < 4.78 is 10.3. The van der Waals surface area contributed by atoms with E-state index in [1.54, 1.807) is 0 Å². The van der Waals surface area contributed by atoms with Crippen molar-refractivity contribution in [2.24, 2.45) is 0 Å². The molecule has 0 aromatic heterocycles. The SMILES string of the molecule is [B]B(O)F. The summed E-state index contributed by atoms with van der Waals surface area (Å²) in [5, 5.41) is 7.17. The largest absolute Gasteiger partial charge is 0.431 e. The molecule has 0 rings (SSSR count). The van der Waals surface area contributed by atoms with Gasteiger partial charge in [-0.15, -0.1) is 0 Å². The molecule has 0 aromatic carbocycles. The van der Waals surface area contributed by atoms with E-state index in [1.807, 2.05) is 0 Å². The van der Waals surface area contributed by atoms with Gasteiger partial charge in [0.25, 0.3) is 0 Å². The van der Waals surface area contributed by atoms with E-state index in [0.29, 0.717) is 0 Å². The molecule has 0 aliphatic heterocycles. The lowest BCUT2D eigenvalue weighted by molar-refractivity contribution is 0.524. The molecule has 0 bridgehead atoms. The number of halogens is 1. The van der Waals surface area contributed by atoms with Crippen molar-refractivity contribution in [1.82, 2.24) is 0 Å². The Labute approximate surface area is 25.4 Å². The fourth-order valence-electron chi connectivity index (χ4n) is 0. The lowest BCUT2D eigenvalue weighted by atomic mass is 9.67. The van der Waals surface area contributed by atoms with Crippen LogP contribution in [0.5, 0.6) is 0 Å². The van der Waals surface area contributed by atoms with Gasteiger partial charge in [0.15, 0.2) is 0 Å². The topological polar surface area (TPSA) is 20.2 Å². The van der Waals surface area contributed by atoms with Gasteiger partial charge in [-0.1, -0.05) is 0 Å². The van der Waals surface area contributed by atoms with Gasteiger partial charge in [-0.25, -0.2) is 0 Å². The predicted molar refractivity (Wildman–Crippen MR) is 14.8 cm³/mol. The highest BCUT2D eigenvalue weighted by molar-refractivity contribution is 6.94. The molecule has 4 heavy (non-hydrogen) atoms. The standard InChI is InChI=1S/B2FHO/c1-2(3)4/h4H. The van der Waals surface area contributed by atoms with Crippen LogP contribution in [0.25, 0.3) is 0 Å². The Bertz CT molecular complexity index is 10.8. The molecular weight excluding hydrogens is 56.6 g/mol. The van der Waals surface area contributed by atoms with Crippen molar-refractivity contribution in [2.75, 3.05) is 0 Å². The van der Waals surface area contributed by atoms with Crippen LogP contribution in [-0.2, 0) is 0 Å². The van der Waals surface area contributed by atoms with Crippen LogP contribution >= 0.6 is 0 Å². The molecule has 0 spiro atoms. The van der Waals surface area contributed by atoms with Crippen LogP contribution < -0.4 is 0 Å². The van der Waals surface area contributed by atoms with Crippen LogP contribution in [0.3, 0.4) is 0 Å². The third kappa shape index (κ3) is 5320. The second kappa shape index (κ2) is 1.35. The van der Waals surface area contributed by atoms with Crippen LogP contribution in [0.15, 0.2) is 0 Å². The Balaban J connectivity index is 2.32. The minimum absolute atomic E-state index is 2.17. The average Bonchev–Trinajstić information content (AvgIpc) is 0.811. The summed E-state index contributed by atoms with van der Waals surface area (Å²) in [7, 11) is 1.83. The van der Waals surface area contributed by atoms with Crippen molar-refractivity contribution in [3.8, 4) is 0 Å². The van der Waals surface area contributed by atoms with E-state index >= 15 is 0 Å². The van der Waals surface area contributed by atoms with Crippen molar-refractivity contribution in [1.29, 1.82) is 0 Å². The van der Waals surface area contributed by atoms with Crippen molar-refractivity contribution in [3.63, 3.8) is 0 Å². The first-order chi connectivity index (χ1) is 1.73. The predicted octanol–water partition coefficient (Wildman–Crippen LogP) is -0.898. The molecule has 1 nitrogen and oxygen atoms in total. The van der Waals surface area contributed by atoms with E-state index in [1.165, 1.54) is 0 Å². The Morgan fingerprint density at radius 2 is 2.00 bits per heavy atom. The van der Waals surface area contributed by atoms with Gasteiger partial charge in [-0.05, 0) is 0 Å². The molecule has 0 saturated carbocycles. The highest BCUT2D eigenvalue weighted by Crippen LogP contribution is 1.56. The Hall–Kier alpha value is 0.0199. The van der Waals surface area contributed by atoms with Gasteiger partial charge in [-0.2, -0.15) is 0 Å². The van der Waals surface area contributed by atoms with Crippen LogP contribution in [0, 0.1) is 0 Å². The molecule has 1 N–H and O–H groups in total. The minimum atomic E-state index is -2.17. The molecule has 0 aromatic rings. The third-order valence-electron chi connectivity index (χ3n) is 0. The van der Waals surface area contributed by atoms with Crippen molar-refractivity contribution >= 4 is 14.8 Å². The van der Waals surface area contributed by atoms with E-state index in [-0.39, 0.29) is 0 Å². The summed E-state index contributed by atoms with van der Waals surface area (Å²) in [5.41, 5.74) is 0. The number of hydrogen-bond donors (Lipinski definition) is 1. The Morgan fingerprint density at radius 1 is 2.00 bits per heavy atom. The second-order valence-corrected chi connectivity index (χ2v) is 0.373. The molecule has 0 unspecified atom stereocenters. The fourth-order valence-corrected chi connectivity index (χ4v) is 0. The van der Waals surface area contributed by atoms with Crippen molar-refractivity contribution < 1.29 is 9.34 Å². The maximum absolute atomic E-state index is 10.3. The maximum atomic E-state index is 10.3. The van der Waals surface area contributed by atoms with Gasteiger partial charge in [0.1, 0.15) is 7.74 Å². The van der Waals surface area contributed by atoms with Crippen LogP contribution in [-0.4, -0.2) is 19.8 Å². The van der Waals surface area contributed by atoms with Crippen LogP contribution in [0.4, 0.5) is 4.32 Å². The first-order valence-electron chi connectivity index (χ1n) is 0.810. The zero-order valence-corrected chi connectivity index (χ0v) is 1.98. The highest BCUT2D eigenvalue weighted by Gasteiger charge is 1.89. The highest BCUT2D eigenvalue weighted by atomic mass is 19.1. The number of rotatable bonds is 0. The third-order valence-corrected chi connectivity index (χ3v) is 0. The van der Waals surface area contributed by atoms with E-state index in [9.17, 15) is 4.32 Å². The van der Waals surface area contributed by atoms with E-state index < -0.39 is 7.08 Å². The molecule has 0 amide bonds. The summed E-state index contributed by atoms with van der Waals surface area (Å²) in [5.74, 6) is 0. The molecule has 4 heteroatoms. The first kappa shape index (κ1) is 4.02. The molecule has 0 fully saturated rings. The lowest BCUT2D eigenvalue weighted by Gasteiger charge is -1.67. The monoisotopic (exact) mass is 58.0 g/mol. The van der Waals surface area contributed by atoms with Gasteiger partial charge < -0.3 is 9.34 Å². The zero-order valence-electron chi connectivity index (χ0n) is 1.98. The second-order valence-electron chi connectivity index (χ2n) is 0.373. The summed E-state index contributed by atoms with van der Waals surface area (Å²) >= 11 is 0. The Morgan fingerprint density at radius 3 is 2.00 bits per heavy atom. The van der Waals surface area contributed by atoms with Gasteiger partial charge in [0.05, 0.1) is 0 Å². The average molecular weight is 57.6 g/mol. The zero-order chi connectivity index (χ0) is 3.58. The molecular formula is HB2FO. The van der Waals surface area contributed by atoms with E-state index in [2.05, 4.69) is 7.74 Å². The van der Waals surface area contributed by atoms with Gasteiger partial charge in [-0.3, -0.25) is 0 Å². The smallest absolute Gasteiger partial charge is 0.430 e. The van der Waals surface area contributed by atoms with Gasteiger partial charge >= 0.3 is 7.08 Å². The lowest BCUT2D eigenvalue weighted by Crippen LogP contribution is -2.00. The van der Waals surface area contributed by atoms with Gasteiger partial charge in [0.2, 0.25) is 0 Å². The maximum Gasteiger partial charge on any atom is 0.430 e. The van der Waals surface area contributed by atoms with E-state index in [4.69, 9.17) is 5.02 Å². The summed E-state index contributed by atoms with van der Waals surface area (Å²) in [4.78, 5) is 0. The summed E-state index contributed by atoms with van der Waals surface area (Å²) in [6.07, 6.45) is 0. The normalized spacial score (nSPS) is 6.50. The van der Waals surface area contributed by atoms with Crippen molar-refractivity contribution in [3.05, 3.63) is 0 Å². The molecule has 0 aliphatic rings. The van der Waals surface area contributed by atoms with Crippen molar-refractivity contribution in [2.45, 2.75) is 0 Å². The van der Waals surface area contributed by atoms with Crippen LogP contribution in [0.2, 0.25) is 0 Å². The first-order valence-corrected chi connectivity index (χ1v) is 0.810. The Kier molecular flexibility index (Phi) is 1.36. The minimum Gasteiger partial charge on any atom is -0.431 e. The molecule has 2 radical (unpaired) electrons. The quantitative estimate of drug-likeness (QED) is 0.358. The van der Waals surface area contributed by atoms with Gasteiger partial charge in [0, 0.05) is 0 Å². The summed E-state index contributed by atoms with van der Waals surface area (Å²) in [6, 6.07) is 0. The molecule has 0 saturated heterocycles. The summed E-state index contributed by atoms with van der Waals surface area (Å²) in [6.45, 7) is 0. The number of hydrogen-bond acceptors (Lipinski definition) is 1. The van der Waals surface area contributed by atoms with Crippen LogP contribution in [0.1, 0.15) is 0 Å². The van der Waals surface area contributed by atoms with E-state index in [0.717, 1.165) is 0 Å². The molecule has 20 valence electrons.